The first-order valence-electron chi connectivity index (χ1n) is 4.45. The Morgan fingerprint density at radius 2 is 2.14 bits per heavy atom. The van der Waals surface area contributed by atoms with Crippen LogP contribution in [0.5, 0.6) is 5.75 Å². The van der Waals surface area contributed by atoms with E-state index < -0.39 is 0 Å². The highest BCUT2D eigenvalue weighted by Crippen LogP contribution is 2.35. The molecule has 0 amide bonds. The van der Waals surface area contributed by atoms with E-state index in [2.05, 4.69) is 4.99 Å². The molecule has 1 rings (SSSR count). The van der Waals surface area contributed by atoms with Crippen molar-refractivity contribution in [1.82, 2.24) is 0 Å². The highest BCUT2D eigenvalue weighted by molar-refractivity contribution is 5.63. The minimum absolute atomic E-state index is 0.303. The van der Waals surface area contributed by atoms with Gasteiger partial charge in [0.25, 0.3) is 0 Å². The van der Waals surface area contributed by atoms with Crippen LogP contribution in [0.1, 0.15) is 25.3 Å². The number of hydrogen-bond acceptors (Lipinski definition) is 3. The third-order valence-electron chi connectivity index (χ3n) is 2.03. The van der Waals surface area contributed by atoms with Crippen molar-refractivity contribution in [1.29, 1.82) is 0 Å². The van der Waals surface area contributed by atoms with Gasteiger partial charge in [-0.3, -0.25) is 0 Å². The summed E-state index contributed by atoms with van der Waals surface area (Å²) in [7, 11) is 1.56. The molecule has 0 spiro atoms. The van der Waals surface area contributed by atoms with Crippen LogP contribution in [0.15, 0.2) is 23.2 Å². The van der Waals surface area contributed by atoms with Crippen LogP contribution < -0.4 is 4.74 Å². The number of methoxy groups -OCH3 is 1. The third-order valence-corrected chi connectivity index (χ3v) is 2.03. The Kier molecular flexibility index (Phi) is 3.43. The summed E-state index contributed by atoms with van der Waals surface area (Å²) in [5.74, 6) is 0.914. The molecule has 3 heteroatoms. The van der Waals surface area contributed by atoms with E-state index in [-0.39, 0.29) is 0 Å². The van der Waals surface area contributed by atoms with Gasteiger partial charge in [-0.05, 0) is 17.5 Å². The maximum Gasteiger partial charge on any atom is 0.240 e. The van der Waals surface area contributed by atoms with E-state index in [1.807, 2.05) is 26.0 Å². The Bertz CT molecular complexity index is 366. The molecule has 0 unspecified atom stereocenters. The van der Waals surface area contributed by atoms with E-state index in [1.54, 1.807) is 19.3 Å². The Hall–Kier alpha value is -1.60. The molecule has 0 aliphatic heterocycles. The molecule has 74 valence electrons. The molecule has 0 aromatic heterocycles. The SMILES string of the molecule is COc1cccc(C(C)C)c1N=C=O. The van der Waals surface area contributed by atoms with Crippen molar-refractivity contribution in [2.24, 2.45) is 4.99 Å². The first-order chi connectivity index (χ1) is 6.70. The van der Waals surface area contributed by atoms with E-state index in [1.165, 1.54) is 0 Å². The maximum atomic E-state index is 10.3. The molecule has 0 radical (unpaired) electrons. The summed E-state index contributed by atoms with van der Waals surface area (Å²) < 4.78 is 5.12. The number of hydrogen-bond donors (Lipinski definition) is 0. The zero-order chi connectivity index (χ0) is 10.6. The van der Waals surface area contributed by atoms with E-state index in [0.29, 0.717) is 17.4 Å². The van der Waals surface area contributed by atoms with Gasteiger partial charge in [0, 0.05) is 0 Å². The minimum Gasteiger partial charge on any atom is -0.494 e. The van der Waals surface area contributed by atoms with Gasteiger partial charge in [-0.15, -0.1) is 0 Å². The second-order valence-corrected chi connectivity index (χ2v) is 3.26. The van der Waals surface area contributed by atoms with Crippen LogP contribution in [0.25, 0.3) is 0 Å². The molecule has 0 aliphatic carbocycles. The Labute approximate surface area is 83.4 Å². The van der Waals surface area contributed by atoms with Crippen LogP contribution in [0.4, 0.5) is 5.69 Å². The van der Waals surface area contributed by atoms with Crippen molar-refractivity contribution < 1.29 is 9.53 Å². The Balaban J connectivity index is 3.34. The van der Waals surface area contributed by atoms with Crippen molar-refractivity contribution in [3.05, 3.63) is 23.8 Å². The summed E-state index contributed by atoms with van der Waals surface area (Å²) in [6.45, 7) is 4.08. The molecule has 3 nitrogen and oxygen atoms in total. The zero-order valence-corrected chi connectivity index (χ0v) is 8.57. The Morgan fingerprint density at radius 1 is 1.43 bits per heavy atom. The normalized spacial score (nSPS) is 9.71. The fraction of sp³-hybridized carbons (Fsp3) is 0.364. The molecule has 1 aromatic carbocycles. The lowest BCUT2D eigenvalue weighted by Gasteiger charge is -2.11. The molecule has 0 N–H and O–H groups in total. The molecule has 0 bridgehead atoms. The van der Waals surface area contributed by atoms with Crippen molar-refractivity contribution in [2.75, 3.05) is 7.11 Å². The lowest BCUT2D eigenvalue weighted by atomic mass is 10.0. The van der Waals surface area contributed by atoms with Gasteiger partial charge in [0.2, 0.25) is 6.08 Å². The van der Waals surface area contributed by atoms with Gasteiger partial charge in [-0.25, -0.2) is 4.79 Å². The third kappa shape index (κ3) is 2.01. The molecule has 0 fully saturated rings. The summed E-state index contributed by atoms with van der Waals surface area (Å²) >= 11 is 0. The van der Waals surface area contributed by atoms with E-state index in [0.717, 1.165) is 5.56 Å². The van der Waals surface area contributed by atoms with Crippen LogP contribution in [0, 0.1) is 0 Å². The van der Waals surface area contributed by atoms with Gasteiger partial charge < -0.3 is 4.74 Å². The smallest absolute Gasteiger partial charge is 0.240 e. The molecule has 0 saturated heterocycles. The zero-order valence-electron chi connectivity index (χ0n) is 8.57. The first kappa shape index (κ1) is 10.5. The van der Waals surface area contributed by atoms with Crippen LogP contribution in [0.3, 0.4) is 0 Å². The van der Waals surface area contributed by atoms with Gasteiger partial charge in [-0.2, -0.15) is 4.99 Å². The Morgan fingerprint density at radius 3 is 2.64 bits per heavy atom. The predicted molar refractivity (Wildman–Crippen MR) is 54.9 cm³/mol. The summed E-state index contributed by atoms with van der Waals surface area (Å²) in [5, 5.41) is 0. The number of para-hydroxylation sites is 1. The van der Waals surface area contributed by atoms with Gasteiger partial charge in [-0.1, -0.05) is 26.0 Å². The summed E-state index contributed by atoms with van der Waals surface area (Å²) in [6, 6.07) is 5.60. The van der Waals surface area contributed by atoms with Crippen molar-refractivity contribution in [3.63, 3.8) is 0 Å². The van der Waals surface area contributed by atoms with Crippen LogP contribution in [0.2, 0.25) is 0 Å². The molecule has 0 heterocycles. The lowest BCUT2D eigenvalue weighted by Crippen LogP contribution is -1.91. The van der Waals surface area contributed by atoms with Gasteiger partial charge in [0.05, 0.1) is 7.11 Å². The summed E-state index contributed by atoms with van der Waals surface area (Å²) in [6.07, 6.45) is 1.55. The van der Waals surface area contributed by atoms with Crippen molar-refractivity contribution in [2.45, 2.75) is 19.8 Å². The topological polar surface area (TPSA) is 38.7 Å². The summed E-state index contributed by atoms with van der Waals surface area (Å²) in [4.78, 5) is 13.9. The van der Waals surface area contributed by atoms with Crippen LogP contribution >= 0.6 is 0 Å². The largest absolute Gasteiger partial charge is 0.494 e. The molecule has 0 atom stereocenters. The predicted octanol–water partition coefficient (Wildman–Crippen LogP) is 2.79. The van der Waals surface area contributed by atoms with Gasteiger partial charge >= 0.3 is 0 Å². The standard InChI is InChI=1S/C11H13NO2/c1-8(2)9-5-4-6-10(14-3)11(9)12-7-13/h4-6,8H,1-3H3. The number of carbonyl (C=O) groups excluding carboxylic acids is 1. The van der Waals surface area contributed by atoms with Crippen LogP contribution in [-0.2, 0) is 4.79 Å². The van der Waals surface area contributed by atoms with Crippen molar-refractivity contribution in [3.8, 4) is 5.75 Å². The average Bonchev–Trinajstić information content (AvgIpc) is 2.18. The summed E-state index contributed by atoms with van der Waals surface area (Å²) in [5.41, 5.74) is 1.58. The van der Waals surface area contributed by atoms with Gasteiger partial charge in [0.15, 0.2) is 0 Å². The highest BCUT2D eigenvalue weighted by atomic mass is 16.5. The van der Waals surface area contributed by atoms with Gasteiger partial charge in [0.1, 0.15) is 11.4 Å². The lowest BCUT2D eigenvalue weighted by molar-refractivity contribution is 0.415. The second-order valence-electron chi connectivity index (χ2n) is 3.26. The number of ether oxygens (including phenoxy) is 1. The fourth-order valence-electron chi connectivity index (χ4n) is 1.34. The van der Waals surface area contributed by atoms with E-state index in [9.17, 15) is 4.79 Å². The number of rotatable bonds is 3. The molecular weight excluding hydrogens is 178 g/mol. The monoisotopic (exact) mass is 191 g/mol. The minimum atomic E-state index is 0.303. The van der Waals surface area contributed by atoms with Crippen LogP contribution in [-0.4, -0.2) is 13.2 Å². The van der Waals surface area contributed by atoms with E-state index in [4.69, 9.17) is 4.74 Å². The molecule has 1 aromatic rings. The molecule has 0 saturated carbocycles. The number of benzene rings is 1. The number of aliphatic imine (C=N–C) groups is 1. The van der Waals surface area contributed by atoms with E-state index >= 15 is 0 Å². The molecule has 0 aliphatic rings. The quantitative estimate of drug-likeness (QED) is 0.544. The number of nitrogens with zero attached hydrogens (tertiary/aromatic N) is 1. The fourth-order valence-corrected chi connectivity index (χ4v) is 1.34. The molecule has 14 heavy (non-hydrogen) atoms. The van der Waals surface area contributed by atoms with Crippen molar-refractivity contribution >= 4 is 11.8 Å². The second kappa shape index (κ2) is 4.58. The first-order valence-corrected chi connectivity index (χ1v) is 4.45. The highest BCUT2D eigenvalue weighted by Gasteiger charge is 2.10. The maximum absolute atomic E-state index is 10.3. The average molecular weight is 191 g/mol. The molecular formula is C11H13NO2. The number of isocyanates is 1.